The fourth-order valence-corrected chi connectivity index (χ4v) is 3.37. The van der Waals surface area contributed by atoms with E-state index in [2.05, 4.69) is 37.1 Å². The molecule has 2 aromatic heterocycles. The van der Waals surface area contributed by atoms with Gasteiger partial charge in [-0.05, 0) is 38.3 Å². The smallest absolute Gasteiger partial charge is 0.227 e. The second-order valence-corrected chi connectivity index (χ2v) is 5.77. The zero-order valence-electron chi connectivity index (χ0n) is 11.9. The van der Waals surface area contributed by atoms with Gasteiger partial charge in [0.15, 0.2) is 0 Å². The number of anilines is 1. The minimum absolute atomic E-state index is 0.0914. The van der Waals surface area contributed by atoms with Crippen LogP contribution in [0.15, 0.2) is 11.4 Å². The zero-order valence-corrected chi connectivity index (χ0v) is 12.7. The van der Waals surface area contributed by atoms with Crippen LogP contribution >= 0.6 is 11.3 Å². The van der Waals surface area contributed by atoms with Gasteiger partial charge < -0.3 is 5.32 Å². The normalized spacial score (nSPS) is 11.2. The van der Waals surface area contributed by atoms with Gasteiger partial charge in [-0.2, -0.15) is 0 Å². The Morgan fingerprint density at radius 3 is 2.68 bits per heavy atom. The number of rotatable bonds is 4. The molecule has 0 saturated heterocycles. The van der Waals surface area contributed by atoms with Crippen molar-refractivity contribution in [2.75, 3.05) is 5.32 Å². The molecule has 0 aliphatic rings. The highest BCUT2D eigenvalue weighted by Gasteiger charge is 2.17. The molecule has 19 heavy (non-hydrogen) atoms. The molecule has 3 nitrogen and oxygen atoms in total. The average molecular weight is 276 g/mol. The molecule has 102 valence electrons. The van der Waals surface area contributed by atoms with Gasteiger partial charge in [0.25, 0.3) is 0 Å². The Morgan fingerprint density at radius 2 is 2.05 bits per heavy atom. The second kappa shape index (κ2) is 5.70. The number of pyridine rings is 1. The van der Waals surface area contributed by atoms with Crippen molar-refractivity contribution >= 4 is 33.1 Å². The van der Waals surface area contributed by atoms with E-state index in [1.807, 2.05) is 12.3 Å². The van der Waals surface area contributed by atoms with E-state index in [1.54, 1.807) is 11.3 Å². The van der Waals surface area contributed by atoms with Crippen LogP contribution in [-0.2, 0) is 4.79 Å². The maximum atomic E-state index is 12.2. The van der Waals surface area contributed by atoms with Crippen LogP contribution in [-0.4, -0.2) is 10.9 Å². The van der Waals surface area contributed by atoms with Gasteiger partial charge >= 0.3 is 0 Å². The third-order valence-corrected chi connectivity index (χ3v) is 4.36. The second-order valence-electron chi connectivity index (χ2n) is 4.91. The van der Waals surface area contributed by atoms with Gasteiger partial charge in [0.05, 0.1) is 5.69 Å². The molecule has 0 aliphatic carbocycles. The topological polar surface area (TPSA) is 42.0 Å². The molecule has 0 radical (unpaired) electrons. The molecular weight excluding hydrogens is 256 g/mol. The molecule has 0 fully saturated rings. The van der Waals surface area contributed by atoms with E-state index < -0.39 is 0 Å². The predicted octanol–water partition coefficient (Wildman–Crippen LogP) is 4.29. The van der Waals surface area contributed by atoms with Crippen LogP contribution in [0.25, 0.3) is 10.2 Å². The van der Waals surface area contributed by atoms with Crippen LogP contribution in [0.5, 0.6) is 0 Å². The number of fused-ring (bicyclic) bond motifs is 1. The number of thiophene rings is 1. The maximum absolute atomic E-state index is 12.2. The largest absolute Gasteiger partial charge is 0.324 e. The number of nitrogens with one attached hydrogen (secondary N) is 1. The van der Waals surface area contributed by atoms with E-state index in [0.29, 0.717) is 0 Å². The van der Waals surface area contributed by atoms with Crippen molar-refractivity contribution in [3.05, 3.63) is 22.7 Å². The number of aryl methyl sites for hydroxylation is 2. The van der Waals surface area contributed by atoms with Gasteiger partial charge in [-0.15, -0.1) is 11.3 Å². The summed E-state index contributed by atoms with van der Waals surface area (Å²) in [5.41, 5.74) is 3.09. The number of aromatic nitrogens is 1. The third kappa shape index (κ3) is 2.78. The van der Waals surface area contributed by atoms with Crippen molar-refractivity contribution in [1.82, 2.24) is 4.98 Å². The summed E-state index contributed by atoms with van der Waals surface area (Å²) in [7, 11) is 0. The van der Waals surface area contributed by atoms with Crippen molar-refractivity contribution in [2.24, 2.45) is 5.92 Å². The fourth-order valence-electron chi connectivity index (χ4n) is 2.38. The van der Waals surface area contributed by atoms with Crippen LogP contribution in [0, 0.1) is 19.8 Å². The fraction of sp³-hybridized carbons (Fsp3) is 0.467. The average Bonchev–Trinajstić information content (AvgIpc) is 2.73. The Bertz CT molecular complexity index is 599. The van der Waals surface area contributed by atoms with E-state index in [-0.39, 0.29) is 11.8 Å². The Hall–Kier alpha value is -1.42. The molecule has 0 unspecified atom stereocenters. The van der Waals surface area contributed by atoms with E-state index in [9.17, 15) is 4.79 Å². The Labute approximate surface area is 118 Å². The number of carbonyl (C=O) groups excluding carboxylic acids is 1. The summed E-state index contributed by atoms with van der Waals surface area (Å²) < 4.78 is 0. The SMILES string of the molecule is CCC(CC)C(=O)Nc1csc2nc(C)cc(C)c12. The van der Waals surface area contributed by atoms with Crippen LogP contribution in [0.4, 0.5) is 5.69 Å². The summed E-state index contributed by atoms with van der Waals surface area (Å²) in [6.45, 7) is 8.16. The molecule has 1 N–H and O–H groups in total. The van der Waals surface area contributed by atoms with Crippen LogP contribution < -0.4 is 5.32 Å². The Kier molecular flexibility index (Phi) is 4.20. The Balaban J connectivity index is 2.34. The van der Waals surface area contributed by atoms with Gasteiger partial charge in [-0.3, -0.25) is 4.79 Å². The summed E-state index contributed by atoms with van der Waals surface area (Å²) in [5.74, 6) is 0.207. The minimum atomic E-state index is 0.0914. The Morgan fingerprint density at radius 1 is 1.37 bits per heavy atom. The van der Waals surface area contributed by atoms with Crippen molar-refractivity contribution in [3.8, 4) is 0 Å². The predicted molar refractivity (Wildman–Crippen MR) is 81.8 cm³/mol. The third-order valence-electron chi connectivity index (χ3n) is 3.48. The quantitative estimate of drug-likeness (QED) is 0.905. The first-order chi connectivity index (χ1) is 9.06. The summed E-state index contributed by atoms with van der Waals surface area (Å²) in [5, 5.41) is 6.13. The van der Waals surface area contributed by atoms with E-state index in [4.69, 9.17) is 0 Å². The minimum Gasteiger partial charge on any atom is -0.324 e. The first kappa shape index (κ1) is 14.0. The first-order valence-electron chi connectivity index (χ1n) is 6.73. The number of nitrogens with zero attached hydrogens (tertiary/aromatic N) is 1. The highest BCUT2D eigenvalue weighted by molar-refractivity contribution is 7.17. The monoisotopic (exact) mass is 276 g/mol. The molecule has 0 saturated carbocycles. The van der Waals surface area contributed by atoms with Gasteiger partial charge in [-0.25, -0.2) is 4.98 Å². The molecule has 0 spiro atoms. The standard InChI is InChI=1S/C15H20N2OS/c1-5-11(6-2)14(18)17-12-8-19-15-13(12)9(3)7-10(4)16-15/h7-8,11H,5-6H2,1-4H3,(H,17,18). The maximum Gasteiger partial charge on any atom is 0.227 e. The summed E-state index contributed by atoms with van der Waals surface area (Å²) in [6, 6.07) is 2.06. The van der Waals surface area contributed by atoms with Gasteiger partial charge in [0.2, 0.25) is 5.91 Å². The lowest BCUT2D eigenvalue weighted by Crippen LogP contribution is -2.21. The number of hydrogen-bond donors (Lipinski definition) is 1. The molecule has 4 heteroatoms. The van der Waals surface area contributed by atoms with Gasteiger partial charge in [-0.1, -0.05) is 13.8 Å². The lowest BCUT2D eigenvalue weighted by Gasteiger charge is -2.12. The van der Waals surface area contributed by atoms with Gasteiger partial charge in [0, 0.05) is 22.4 Å². The van der Waals surface area contributed by atoms with E-state index >= 15 is 0 Å². The molecular formula is C15H20N2OS. The first-order valence-corrected chi connectivity index (χ1v) is 7.61. The van der Waals surface area contributed by atoms with E-state index in [0.717, 1.165) is 34.4 Å². The molecule has 0 aliphatic heterocycles. The molecule has 1 amide bonds. The molecule has 0 aromatic carbocycles. The number of amides is 1. The molecule has 2 rings (SSSR count). The number of carbonyl (C=O) groups is 1. The van der Waals surface area contributed by atoms with Crippen molar-refractivity contribution in [3.63, 3.8) is 0 Å². The molecule has 2 aromatic rings. The molecule has 0 atom stereocenters. The molecule has 2 heterocycles. The van der Waals surface area contributed by atoms with Crippen molar-refractivity contribution < 1.29 is 4.79 Å². The van der Waals surface area contributed by atoms with Crippen LogP contribution in [0.3, 0.4) is 0 Å². The van der Waals surface area contributed by atoms with Gasteiger partial charge in [0.1, 0.15) is 4.83 Å². The van der Waals surface area contributed by atoms with Crippen LogP contribution in [0.1, 0.15) is 37.9 Å². The van der Waals surface area contributed by atoms with Crippen LogP contribution in [0.2, 0.25) is 0 Å². The lowest BCUT2D eigenvalue weighted by molar-refractivity contribution is -0.120. The highest BCUT2D eigenvalue weighted by Crippen LogP contribution is 2.32. The van der Waals surface area contributed by atoms with Crippen molar-refractivity contribution in [2.45, 2.75) is 40.5 Å². The highest BCUT2D eigenvalue weighted by atomic mass is 32.1. The van der Waals surface area contributed by atoms with E-state index in [1.165, 1.54) is 5.56 Å². The molecule has 0 bridgehead atoms. The number of hydrogen-bond acceptors (Lipinski definition) is 3. The summed E-state index contributed by atoms with van der Waals surface area (Å²) >= 11 is 1.59. The van der Waals surface area contributed by atoms with Crippen molar-refractivity contribution in [1.29, 1.82) is 0 Å². The summed E-state index contributed by atoms with van der Waals surface area (Å²) in [6.07, 6.45) is 1.75. The summed E-state index contributed by atoms with van der Waals surface area (Å²) in [4.78, 5) is 17.7. The lowest BCUT2D eigenvalue weighted by atomic mass is 10.0. The zero-order chi connectivity index (χ0) is 14.0.